The van der Waals surface area contributed by atoms with Gasteiger partial charge in [0, 0.05) is 16.3 Å². The van der Waals surface area contributed by atoms with Crippen LogP contribution in [0.2, 0.25) is 10.0 Å². The third-order valence-corrected chi connectivity index (χ3v) is 5.03. The van der Waals surface area contributed by atoms with Crippen molar-refractivity contribution in [3.8, 4) is 5.75 Å². The van der Waals surface area contributed by atoms with Crippen LogP contribution < -0.4 is 20.7 Å². The smallest absolute Gasteiger partial charge is 0.255 e. The van der Waals surface area contributed by atoms with E-state index in [1.54, 1.807) is 68.6 Å². The van der Waals surface area contributed by atoms with Gasteiger partial charge >= 0.3 is 0 Å². The van der Waals surface area contributed by atoms with Crippen molar-refractivity contribution in [2.45, 2.75) is 13.0 Å². The van der Waals surface area contributed by atoms with E-state index in [0.717, 1.165) is 0 Å². The van der Waals surface area contributed by atoms with Crippen molar-refractivity contribution in [2.75, 3.05) is 23.1 Å². The third kappa shape index (κ3) is 5.90. The zero-order valence-corrected chi connectivity index (χ0v) is 18.4. The number of carbonyl (C=O) groups is 2. The van der Waals surface area contributed by atoms with Crippen molar-refractivity contribution in [2.24, 2.45) is 0 Å². The van der Waals surface area contributed by atoms with Crippen molar-refractivity contribution >= 4 is 52.1 Å². The van der Waals surface area contributed by atoms with Crippen molar-refractivity contribution < 1.29 is 14.3 Å². The van der Waals surface area contributed by atoms with Gasteiger partial charge in [-0.2, -0.15) is 0 Å². The lowest BCUT2D eigenvalue weighted by Crippen LogP contribution is -2.32. The predicted molar refractivity (Wildman–Crippen MR) is 126 cm³/mol. The van der Waals surface area contributed by atoms with Gasteiger partial charge < -0.3 is 20.7 Å². The second-order valence-electron chi connectivity index (χ2n) is 6.71. The first-order valence-corrected chi connectivity index (χ1v) is 10.2. The molecule has 3 aromatic rings. The Bertz CT molecular complexity index is 1090. The maximum atomic E-state index is 12.5. The van der Waals surface area contributed by atoms with Gasteiger partial charge in [0.15, 0.2) is 0 Å². The first-order chi connectivity index (χ1) is 14.9. The van der Waals surface area contributed by atoms with E-state index in [1.807, 2.05) is 12.1 Å². The maximum Gasteiger partial charge on any atom is 0.255 e. The Balaban J connectivity index is 1.61. The standard InChI is InChI=1S/C23H21Cl2N3O3/c1-14(22(29)28-20-13-16(24)9-12-18(20)25)26-17-10-7-15(8-11-17)23(30)27-19-5-3-4-6-21(19)31-2/h3-14,26H,1-2H3,(H,27,30)(H,28,29)/t14-/m0/s1. The van der Waals surface area contributed by atoms with Gasteiger partial charge in [-0.15, -0.1) is 0 Å². The molecule has 0 aromatic heterocycles. The molecule has 0 aliphatic rings. The number of ether oxygens (including phenoxy) is 1. The van der Waals surface area contributed by atoms with E-state index in [9.17, 15) is 9.59 Å². The molecule has 0 spiro atoms. The zero-order valence-electron chi connectivity index (χ0n) is 16.9. The molecule has 0 aliphatic heterocycles. The molecule has 0 fully saturated rings. The van der Waals surface area contributed by atoms with Gasteiger partial charge in [-0.3, -0.25) is 9.59 Å². The van der Waals surface area contributed by atoms with E-state index in [2.05, 4.69) is 16.0 Å². The Morgan fingerprint density at radius 2 is 1.61 bits per heavy atom. The minimum atomic E-state index is -0.552. The number of halogens is 2. The van der Waals surface area contributed by atoms with Gasteiger partial charge in [-0.1, -0.05) is 35.3 Å². The Morgan fingerprint density at radius 1 is 0.903 bits per heavy atom. The molecule has 31 heavy (non-hydrogen) atoms. The second-order valence-corrected chi connectivity index (χ2v) is 7.55. The number of rotatable bonds is 7. The van der Waals surface area contributed by atoms with Gasteiger partial charge in [0.1, 0.15) is 11.8 Å². The SMILES string of the molecule is COc1ccccc1NC(=O)c1ccc(N[C@@H](C)C(=O)Nc2cc(Cl)ccc2Cl)cc1. The van der Waals surface area contributed by atoms with Crippen molar-refractivity contribution in [3.63, 3.8) is 0 Å². The zero-order chi connectivity index (χ0) is 22.4. The van der Waals surface area contributed by atoms with Gasteiger partial charge in [0.25, 0.3) is 5.91 Å². The van der Waals surface area contributed by atoms with Gasteiger partial charge in [-0.25, -0.2) is 0 Å². The van der Waals surface area contributed by atoms with Crippen LogP contribution in [0.25, 0.3) is 0 Å². The largest absolute Gasteiger partial charge is 0.495 e. The molecule has 0 heterocycles. The molecule has 2 amide bonds. The van der Waals surface area contributed by atoms with Crippen LogP contribution in [0.4, 0.5) is 17.1 Å². The summed E-state index contributed by atoms with van der Waals surface area (Å²) in [6.45, 7) is 1.72. The van der Waals surface area contributed by atoms with Crippen molar-refractivity contribution in [3.05, 3.63) is 82.3 Å². The summed E-state index contributed by atoms with van der Waals surface area (Å²) in [7, 11) is 1.54. The summed E-state index contributed by atoms with van der Waals surface area (Å²) in [4.78, 5) is 25.0. The molecule has 0 aliphatic carbocycles. The summed E-state index contributed by atoms with van der Waals surface area (Å²) in [6, 6.07) is 18.3. The lowest BCUT2D eigenvalue weighted by atomic mass is 10.1. The number of methoxy groups -OCH3 is 1. The van der Waals surface area contributed by atoms with Crippen LogP contribution in [-0.2, 0) is 4.79 Å². The first kappa shape index (κ1) is 22.5. The van der Waals surface area contributed by atoms with E-state index >= 15 is 0 Å². The lowest BCUT2D eigenvalue weighted by Gasteiger charge is -2.16. The molecule has 160 valence electrons. The fraction of sp³-hybridized carbons (Fsp3) is 0.130. The Kier molecular flexibility index (Phi) is 7.39. The number of hydrogen-bond acceptors (Lipinski definition) is 4. The molecule has 3 aromatic carbocycles. The molecule has 3 rings (SSSR count). The highest BCUT2D eigenvalue weighted by atomic mass is 35.5. The first-order valence-electron chi connectivity index (χ1n) is 9.44. The number of para-hydroxylation sites is 2. The van der Waals surface area contributed by atoms with Crippen molar-refractivity contribution in [1.29, 1.82) is 0 Å². The average molecular weight is 458 g/mol. The Labute approximate surface area is 190 Å². The maximum absolute atomic E-state index is 12.5. The van der Waals surface area contributed by atoms with Gasteiger partial charge in [0.2, 0.25) is 5.91 Å². The van der Waals surface area contributed by atoms with E-state index in [0.29, 0.717) is 38.4 Å². The lowest BCUT2D eigenvalue weighted by molar-refractivity contribution is -0.116. The number of nitrogens with one attached hydrogen (secondary N) is 3. The average Bonchev–Trinajstić information content (AvgIpc) is 2.77. The monoisotopic (exact) mass is 457 g/mol. The highest BCUT2D eigenvalue weighted by Gasteiger charge is 2.15. The number of hydrogen-bond donors (Lipinski definition) is 3. The van der Waals surface area contributed by atoms with Crippen molar-refractivity contribution in [1.82, 2.24) is 0 Å². The number of benzene rings is 3. The second kappa shape index (κ2) is 10.2. The molecular weight excluding hydrogens is 437 g/mol. The summed E-state index contributed by atoms with van der Waals surface area (Å²) < 4.78 is 5.25. The van der Waals surface area contributed by atoms with E-state index in [-0.39, 0.29) is 11.8 Å². The predicted octanol–water partition coefficient (Wildman–Crippen LogP) is 5.69. The quantitative estimate of drug-likeness (QED) is 0.425. The molecular formula is C23H21Cl2N3O3. The van der Waals surface area contributed by atoms with E-state index in [1.165, 1.54) is 0 Å². The molecule has 0 saturated heterocycles. The van der Waals surface area contributed by atoms with Crippen LogP contribution in [0.15, 0.2) is 66.7 Å². The molecule has 6 nitrogen and oxygen atoms in total. The van der Waals surface area contributed by atoms with Crippen LogP contribution >= 0.6 is 23.2 Å². The topological polar surface area (TPSA) is 79.5 Å². The van der Waals surface area contributed by atoms with E-state index < -0.39 is 6.04 Å². The molecule has 3 N–H and O–H groups in total. The van der Waals surface area contributed by atoms with E-state index in [4.69, 9.17) is 27.9 Å². The highest BCUT2D eigenvalue weighted by molar-refractivity contribution is 6.35. The summed E-state index contributed by atoms with van der Waals surface area (Å²) in [6.07, 6.45) is 0. The highest BCUT2D eigenvalue weighted by Crippen LogP contribution is 2.26. The number of amides is 2. The number of carbonyl (C=O) groups excluding carboxylic acids is 2. The van der Waals surface area contributed by atoms with Crippen LogP contribution in [0.1, 0.15) is 17.3 Å². The summed E-state index contributed by atoms with van der Waals surface area (Å²) in [5, 5.41) is 9.53. The summed E-state index contributed by atoms with van der Waals surface area (Å²) >= 11 is 12.0. The molecule has 8 heteroatoms. The fourth-order valence-electron chi connectivity index (χ4n) is 2.81. The molecule has 0 unspecified atom stereocenters. The van der Waals surface area contributed by atoms with Crippen LogP contribution in [0.5, 0.6) is 5.75 Å². The molecule has 0 bridgehead atoms. The van der Waals surface area contributed by atoms with Gasteiger partial charge in [0.05, 0.1) is 23.5 Å². The minimum absolute atomic E-state index is 0.266. The van der Waals surface area contributed by atoms with Crippen LogP contribution in [0.3, 0.4) is 0 Å². The summed E-state index contributed by atoms with van der Waals surface area (Å²) in [5.74, 6) is 0.0355. The molecule has 1 atom stereocenters. The fourth-order valence-corrected chi connectivity index (χ4v) is 3.15. The van der Waals surface area contributed by atoms with Crippen LogP contribution in [0, 0.1) is 0 Å². The van der Waals surface area contributed by atoms with Gasteiger partial charge in [-0.05, 0) is 61.5 Å². The summed E-state index contributed by atoms with van der Waals surface area (Å²) in [5.41, 5.74) is 2.19. The number of anilines is 3. The Morgan fingerprint density at radius 3 is 2.32 bits per heavy atom. The van der Waals surface area contributed by atoms with Crippen LogP contribution in [-0.4, -0.2) is 25.0 Å². The minimum Gasteiger partial charge on any atom is -0.495 e. The Hall–Kier alpha value is -3.22. The molecule has 0 radical (unpaired) electrons. The molecule has 0 saturated carbocycles. The third-order valence-electron chi connectivity index (χ3n) is 4.46. The normalized spacial score (nSPS) is 11.4.